The highest BCUT2D eigenvalue weighted by Gasteiger charge is 2.17. The van der Waals surface area contributed by atoms with Crippen molar-refractivity contribution in [3.05, 3.63) is 11.8 Å². The number of likely N-dealkylation sites (tertiary alicyclic amines) is 1. The molecule has 1 aromatic heterocycles. The average molecular weight is 266 g/mol. The van der Waals surface area contributed by atoms with Crippen LogP contribution in [0.1, 0.15) is 38.4 Å². The van der Waals surface area contributed by atoms with Crippen molar-refractivity contribution < 1.29 is 9.32 Å². The van der Waals surface area contributed by atoms with Crippen LogP contribution in [0, 0.1) is 0 Å². The zero-order chi connectivity index (χ0) is 13.7. The molecular weight excluding hydrogens is 244 g/mol. The Morgan fingerprint density at radius 2 is 2.32 bits per heavy atom. The van der Waals surface area contributed by atoms with Gasteiger partial charge < -0.3 is 15.6 Å². The van der Waals surface area contributed by atoms with Crippen molar-refractivity contribution in [3.63, 3.8) is 0 Å². The summed E-state index contributed by atoms with van der Waals surface area (Å²) in [5.74, 6) is 1.02. The van der Waals surface area contributed by atoms with Crippen LogP contribution in [-0.2, 0) is 11.3 Å². The summed E-state index contributed by atoms with van der Waals surface area (Å²) in [6.45, 7) is 4.95. The highest BCUT2D eigenvalue weighted by atomic mass is 16.5. The second kappa shape index (κ2) is 6.68. The predicted octanol–water partition coefficient (Wildman–Crippen LogP) is 1.34. The molecule has 2 heterocycles. The number of nitrogens with one attached hydrogen (secondary N) is 1. The highest BCUT2D eigenvalue weighted by molar-refractivity contribution is 5.93. The van der Waals surface area contributed by atoms with E-state index in [2.05, 4.69) is 15.4 Å². The van der Waals surface area contributed by atoms with Crippen LogP contribution in [0.5, 0.6) is 0 Å². The summed E-state index contributed by atoms with van der Waals surface area (Å²) in [5, 5.41) is 6.54. The van der Waals surface area contributed by atoms with Crippen molar-refractivity contribution in [2.45, 2.75) is 45.2 Å². The molecule has 6 heteroatoms. The molecule has 0 bridgehead atoms. The van der Waals surface area contributed by atoms with Gasteiger partial charge in [-0.1, -0.05) is 18.5 Å². The number of amides is 1. The second-order valence-corrected chi connectivity index (χ2v) is 5.05. The number of rotatable bonds is 6. The quantitative estimate of drug-likeness (QED) is 0.811. The fraction of sp³-hybridized carbons (Fsp3) is 0.692. The fourth-order valence-electron chi connectivity index (χ4n) is 2.27. The van der Waals surface area contributed by atoms with Gasteiger partial charge in [-0.2, -0.15) is 0 Å². The second-order valence-electron chi connectivity index (χ2n) is 5.05. The first-order valence-electron chi connectivity index (χ1n) is 6.93. The Labute approximate surface area is 113 Å². The maximum Gasteiger partial charge on any atom is 0.242 e. The largest absolute Gasteiger partial charge is 0.358 e. The first kappa shape index (κ1) is 14.0. The summed E-state index contributed by atoms with van der Waals surface area (Å²) < 4.78 is 5.22. The van der Waals surface area contributed by atoms with Crippen molar-refractivity contribution in [2.24, 2.45) is 5.73 Å². The van der Waals surface area contributed by atoms with Gasteiger partial charge in [-0.3, -0.25) is 9.69 Å². The number of aromatic nitrogens is 1. The van der Waals surface area contributed by atoms with Crippen LogP contribution in [0.4, 0.5) is 5.82 Å². The van der Waals surface area contributed by atoms with Crippen LogP contribution in [0.3, 0.4) is 0 Å². The molecular formula is C13H22N4O2. The normalized spacial score (nSPS) is 17.6. The number of nitrogens with two attached hydrogens (primary N) is 1. The minimum atomic E-state index is -0.483. The third kappa shape index (κ3) is 4.04. The molecule has 1 saturated heterocycles. The van der Waals surface area contributed by atoms with Crippen LogP contribution < -0.4 is 11.1 Å². The van der Waals surface area contributed by atoms with Gasteiger partial charge in [-0.15, -0.1) is 0 Å². The molecule has 1 atom stereocenters. The lowest BCUT2D eigenvalue weighted by atomic mass is 10.2. The molecule has 1 aliphatic rings. The van der Waals surface area contributed by atoms with Crippen LogP contribution in [0.15, 0.2) is 10.6 Å². The van der Waals surface area contributed by atoms with Gasteiger partial charge in [0.25, 0.3) is 0 Å². The summed E-state index contributed by atoms with van der Waals surface area (Å²) in [7, 11) is 0. The molecule has 0 aromatic carbocycles. The first-order valence-corrected chi connectivity index (χ1v) is 6.93. The summed E-state index contributed by atoms with van der Waals surface area (Å²) in [4.78, 5) is 14.0. The Balaban J connectivity index is 1.84. The SMILES string of the molecule is CCC[C@H](N)C(=O)Nc1cc(CN2CCCC2)on1. The van der Waals surface area contributed by atoms with E-state index in [-0.39, 0.29) is 5.91 Å². The van der Waals surface area contributed by atoms with Gasteiger partial charge in [0, 0.05) is 6.07 Å². The molecule has 0 aliphatic carbocycles. The van der Waals surface area contributed by atoms with Gasteiger partial charge in [-0.25, -0.2) is 0 Å². The van der Waals surface area contributed by atoms with Crippen molar-refractivity contribution >= 4 is 11.7 Å². The Kier molecular flexibility index (Phi) is 4.93. The zero-order valence-electron chi connectivity index (χ0n) is 11.4. The third-order valence-electron chi connectivity index (χ3n) is 3.32. The molecule has 0 saturated carbocycles. The van der Waals surface area contributed by atoms with Crippen LogP contribution >= 0.6 is 0 Å². The van der Waals surface area contributed by atoms with Crippen LogP contribution in [0.25, 0.3) is 0 Å². The van der Waals surface area contributed by atoms with Crippen molar-refractivity contribution in [1.29, 1.82) is 0 Å². The standard InChI is InChI=1S/C13H22N4O2/c1-2-5-11(14)13(18)15-12-8-10(19-16-12)9-17-6-3-4-7-17/h8,11H,2-7,9,14H2,1H3,(H,15,16,18)/t11-/m0/s1. The number of hydrogen-bond donors (Lipinski definition) is 2. The molecule has 2 rings (SSSR count). The Morgan fingerprint density at radius 3 is 3.00 bits per heavy atom. The molecule has 0 unspecified atom stereocenters. The Morgan fingerprint density at radius 1 is 1.58 bits per heavy atom. The van der Waals surface area contributed by atoms with Gasteiger partial charge in [0.2, 0.25) is 5.91 Å². The minimum Gasteiger partial charge on any atom is -0.358 e. The van der Waals surface area contributed by atoms with Gasteiger partial charge in [0.05, 0.1) is 12.6 Å². The fourth-order valence-corrected chi connectivity index (χ4v) is 2.27. The van der Waals surface area contributed by atoms with Gasteiger partial charge >= 0.3 is 0 Å². The van der Waals surface area contributed by atoms with E-state index in [4.69, 9.17) is 10.3 Å². The number of nitrogens with zero attached hydrogens (tertiary/aromatic N) is 2. The smallest absolute Gasteiger partial charge is 0.242 e. The van der Waals surface area contributed by atoms with Gasteiger partial charge in [0.15, 0.2) is 11.6 Å². The van der Waals surface area contributed by atoms with E-state index in [1.807, 2.05) is 6.92 Å². The summed E-state index contributed by atoms with van der Waals surface area (Å²) in [6, 6.07) is 1.29. The highest BCUT2D eigenvalue weighted by Crippen LogP contribution is 2.15. The van der Waals surface area contributed by atoms with E-state index >= 15 is 0 Å². The van der Waals surface area contributed by atoms with Crippen molar-refractivity contribution in [3.8, 4) is 0 Å². The molecule has 6 nitrogen and oxygen atoms in total. The Bertz CT molecular complexity index is 413. The van der Waals surface area contributed by atoms with E-state index in [1.165, 1.54) is 12.8 Å². The topological polar surface area (TPSA) is 84.4 Å². The summed E-state index contributed by atoms with van der Waals surface area (Å²) in [6.07, 6.45) is 4.03. The first-order chi connectivity index (χ1) is 9.19. The molecule has 0 radical (unpaired) electrons. The Hall–Kier alpha value is -1.40. The lowest BCUT2D eigenvalue weighted by molar-refractivity contribution is -0.117. The molecule has 19 heavy (non-hydrogen) atoms. The lowest BCUT2D eigenvalue weighted by Gasteiger charge is -2.10. The maximum atomic E-state index is 11.7. The number of hydrogen-bond acceptors (Lipinski definition) is 5. The van der Waals surface area contributed by atoms with E-state index < -0.39 is 6.04 Å². The van der Waals surface area contributed by atoms with Crippen molar-refractivity contribution in [2.75, 3.05) is 18.4 Å². The summed E-state index contributed by atoms with van der Waals surface area (Å²) in [5.41, 5.74) is 5.74. The molecule has 1 aromatic rings. The van der Waals surface area contributed by atoms with Gasteiger partial charge in [0.1, 0.15) is 0 Å². The lowest BCUT2D eigenvalue weighted by Crippen LogP contribution is -2.35. The van der Waals surface area contributed by atoms with E-state index in [9.17, 15) is 4.79 Å². The third-order valence-corrected chi connectivity index (χ3v) is 3.32. The summed E-state index contributed by atoms with van der Waals surface area (Å²) >= 11 is 0. The molecule has 3 N–H and O–H groups in total. The molecule has 0 spiro atoms. The monoisotopic (exact) mass is 266 g/mol. The number of anilines is 1. The maximum absolute atomic E-state index is 11.7. The van der Waals surface area contributed by atoms with E-state index in [1.54, 1.807) is 6.07 Å². The van der Waals surface area contributed by atoms with Crippen molar-refractivity contribution in [1.82, 2.24) is 10.1 Å². The molecule has 1 fully saturated rings. The molecule has 106 valence electrons. The minimum absolute atomic E-state index is 0.206. The average Bonchev–Trinajstić information content (AvgIpc) is 3.02. The van der Waals surface area contributed by atoms with Crippen LogP contribution in [0.2, 0.25) is 0 Å². The van der Waals surface area contributed by atoms with Crippen LogP contribution in [-0.4, -0.2) is 35.1 Å². The molecule has 1 aliphatic heterocycles. The molecule has 1 amide bonds. The number of carbonyl (C=O) groups excluding carboxylic acids is 1. The predicted molar refractivity (Wildman–Crippen MR) is 72.5 cm³/mol. The van der Waals surface area contributed by atoms with E-state index in [0.29, 0.717) is 12.2 Å². The van der Waals surface area contributed by atoms with E-state index in [0.717, 1.165) is 31.8 Å². The zero-order valence-corrected chi connectivity index (χ0v) is 11.4. The number of carbonyl (C=O) groups is 1. The van der Waals surface area contributed by atoms with Gasteiger partial charge in [-0.05, 0) is 32.4 Å².